The van der Waals surface area contributed by atoms with E-state index >= 15 is 0 Å². The lowest BCUT2D eigenvalue weighted by Crippen LogP contribution is -2.40. The van der Waals surface area contributed by atoms with Crippen LogP contribution >= 0.6 is 0 Å². The first-order valence-electron chi connectivity index (χ1n) is 18.2. The van der Waals surface area contributed by atoms with Crippen LogP contribution < -0.4 is 10.9 Å². The molecule has 2 rings (SSSR count). The van der Waals surface area contributed by atoms with E-state index in [0.29, 0.717) is 63.7 Å². The fourth-order valence-corrected chi connectivity index (χ4v) is 7.02. The van der Waals surface area contributed by atoms with E-state index in [4.69, 9.17) is 23.0 Å². The summed E-state index contributed by atoms with van der Waals surface area (Å²) in [6.45, 7) is 26.4. The highest BCUT2D eigenvalue weighted by Crippen LogP contribution is 2.37. The molecule has 0 spiro atoms. The molecule has 0 unspecified atom stereocenters. The number of hydrogen-bond donors (Lipinski definition) is 0. The number of rotatable bonds is 16. The number of allylic oxidation sites excluding steroid dienone is 1. The van der Waals surface area contributed by atoms with E-state index in [0.717, 1.165) is 0 Å². The molecule has 0 saturated carbocycles. The minimum atomic E-state index is -0.895. The van der Waals surface area contributed by atoms with Crippen molar-refractivity contribution >= 4 is 17.9 Å². The third kappa shape index (κ3) is 10.5. The monoisotopic (exact) mass is 712 g/mol. The molecule has 0 aliphatic rings. The van der Waals surface area contributed by atoms with Crippen LogP contribution in [0.3, 0.4) is 0 Å². The SMILES string of the molecule is CCc1oc([C@H](C)C=C(C)[C@H](OC(C)=O)[C@H](C)[C@@H](OC(=O)CC(C)C)[C@@H](C)c2oc([C@@H](C)[C@H](CC)OC(C)=O)c(C)c(=O)c2C)c(C)c(=O)c1C. The average Bonchev–Trinajstić information content (AvgIpc) is 3.05. The van der Waals surface area contributed by atoms with Gasteiger partial charge in [-0.15, -0.1) is 0 Å². The van der Waals surface area contributed by atoms with E-state index in [2.05, 4.69) is 0 Å². The Labute approximate surface area is 303 Å². The van der Waals surface area contributed by atoms with Crippen molar-refractivity contribution < 1.29 is 37.4 Å². The molecule has 10 nitrogen and oxygen atoms in total. The Balaban J connectivity index is 2.76. The van der Waals surface area contributed by atoms with E-state index in [-0.39, 0.29) is 29.1 Å². The maximum Gasteiger partial charge on any atom is 0.306 e. The Kier molecular flexibility index (Phi) is 15.7. The third-order valence-corrected chi connectivity index (χ3v) is 9.77. The Hall–Kier alpha value is -3.95. The van der Waals surface area contributed by atoms with Gasteiger partial charge in [-0.2, -0.15) is 0 Å². The van der Waals surface area contributed by atoms with Gasteiger partial charge < -0.3 is 23.0 Å². The summed E-state index contributed by atoms with van der Waals surface area (Å²) in [7, 11) is 0. The summed E-state index contributed by atoms with van der Waals surface area (Å²) in [6.07, 6.45) is 0.867. The minimum Gasteiger partial charge on any atom is -0.465 e. The Bertz CT molecular complexity index is 1710. The lowest BCUT2D eigenvalue weighted by Gasteiger charge is -2.35. The summed E-state index contributed by atoms with van der Waals surface area (Å²) in [4.78, 5) is 64.5. The molecule has 7 atom stereocenters. The number of hydrogen-bond acceptors (Lipinski definition) is 10. The van der Waals surface area contributed by atoms with Gasteiger partial charge in [0.2, 0.25) is 0 Å². The van der Waals surface area contributed by atoms with Crippen molar-refractivity contribution in [2.45, 2.75) is 159 Å². The van der Waals surface area contributed by atoms with Crippen molar-refractivity contribution in [3.8, 4) is 0 Å². The van der Waals surface area contributed by atoms with Gasteiger partial charge in [0.15, 0.2) is 10.9 Å². The van der Waals surface area contributed by atoms with Gasteiger partial charge in [0.1, 0.15) is 41.4 Å². The van der Waals surface area contributed by atoms with Gasteiger partial charge in [-0.3, -0.25) is 24.0 Å². The minimum absolute atomic E-state index is 0.0228. The first kappa shape index (κ1) is 43.2. The summed E-state index contributed by atoms with van der Waals surface area (Å²) in [5, 5.41) is 0. The van der Waals surface area contributed by atoms with Gasteiger partial charge in [0.05, 0.1) is 11.8 Å². The standard InChI is InChI=1S/C41H60O10/c1-16-32-23(7)35(45)25(9)37(49-32)21(5)19-22(6)38(48-31(15)43)28(12)41(50-34(44)18-20(3)4)29(13)40-27(11)36(46)26(10)39(51-40)24(8)33(17-2)47-30(14)42/h19-21,24,28-29,33,38,41H,16-18H2,1-15H3/t21-,24+,28+,29+,33+,38+,41-/m1/s1. The molecule has 0 aliphatic carbocycles. The van der Waals surface area contributed by atoms with Crippen LogP contribution in [-0.2, 0) is 35.0 Å². The topological polar surface area (TPSA) is 139 Å². The molecule has 10 heteroatoms. The summed E-state index contributed by atoms with van der Waals surface area (Å²) < 4.78 is 30.5. The van der Waals surface area contributed by atoms with Crippen LogP contribution in [0.4, 0.5) is 0 Å². The Morgan fingerprint density at radius 2 is 1.20 bits per heavy atom. The fourth-order valence-electron chi connectivity index (χ4n) is 7.02. The molecule has 0 aliphatic heterocycles. The second-order valence-electron chi connectivity index (χ2n) is 14.5. The molecular formula is C41H60O10. The van der Waals surface area contributed by atoms with Crippen molar-refractivity contribution in [2.75, 3.05) is 0 Å². The predicted molar refractivity (Wildman–Crippen MR) is 197 cm³/mol. The maximum atomic E-state index is 13.7. The summed E-state index contributed by atoms with van der Waals surface area (Å²) in [5.41, 5.74) is 2.28. The lowest BCUT2D eigenvalue weighted by molar-refractivity contribution is -0.160. The highest BCUT2D eigenvalue weighted by atomic mass is 16.6. The number of carbonyl (C=O) groups is 3. The molecule has 0 fully saturated rings. The quantitative estimate of drug-likeness (QED) is 0.0950. The van der Waals surface area contributed by atoms with E-state index in [9.17, 15) is 24.0 Å². The first-order chi connectivity index (χ1) is 23.7. The number of ether oxygens (including phenoxy) is 3. The fraction of sp³-hybridized carbons (Fsp3) is 0.634. The van der Waals surface area contributed by atoms with Gasteiger partial charge >= 0.3 is 17.9 Å². The van der Waals surface area contributed by atoms with Crippen LogP contribution in [0, 0.1) is 39.5 Å². The molecule has 0 N–H and O–H groups in total. The zero-order chi connectivity index (χ0) is 39.1. The second kappa shape index (κ2) is 18.5. The highest BCUT2D eigenvalue weighted by Gasteiger charge is 2.39. The molecular weight excluding hydrogens is 652 g/mol. The van der Waals surface area contributed by atoms with Gasteiger partial charge in [-0.1, -0.05) is 61.5 Å². The molecule has 2 heterocycles. The molecule has 0 radical (unpaired) electrons. The summed E-state index contributed by atoms with van der Waals surface area (Å²) >= 11 is 0. The van der Waals surface area contributed by atoms with E-state index < -0.39 is 54.0 Å². The van der Waals surface area contributed by atoms with Crippen LogP contribution in [-0.4, -0.2) is 36.2 Å². The molecule has 284 valence electrons. The predicted octanol–water partition coefficient (Wildman–Crippen LogP) is 8.21. The van der Waals surface area contributed by atoms with Gasteiger partial charge in [-0.05, 0) is 52.5 Å². The molecule has 0 saturated heterocycles. The van der Waals surface area contributed by atoms with Crippen molar-refractivity contribution in [2.24, 2.45) is 11.8 Å². The van der Waals surface area contributed by atoms with Crippen LogP contribution in [0.15, 0.2) is 30.1 Å². The molecule has 0 bridgehead atoms. The van der Waals surface area contributed by atoms with Crippen molar-refractivity contribution in [1.29, 1.82) is 0 Å². The largest absolute Gasteiger partial charge is 0.465 e. The normalized spacial score (nSPS) is 16.1. The molecule has 2 aromatic heterocycles. The maximum absolute atomic E-state index is 13.7. The zero-order valence-corrected chi connectivity index (χ0v) is 33.4. The molecule has 2 aromatic rings. The van der Waals surface area contributed by atoms with Crippen LogP contribution in [0.5, 0.6) is 0 Å². The van der Waals surface area contributed by atoms with E-state index in [1.165, 1.54) is 13.8 Å². The number of aryl methyl sites for hydroxylation is 1. The zero-order valence-electron chi connectivity index (χ0n) is 33.4. The van der Waals surface area contributed by atoms with E-state index in [1.54, 1.807) is 27.7 Å². The highest BCUT2D eigenvalue weighted by molar-refractivity contribution is 5.70. The van der Waals surface area contributed by atoms with Crippen LogP contribution in [0.25, 0.3) is 0 Å². The number of esters is 3. The second-order valence-corrected chi connectivity index (χ2v) is 14.5. The van der Waals surface area contributed by atoms with Gasteiger partial charge in [-0.25, -0.2) is 0 Å². The van der Waals surface area contributed by atoms with Crippen molar-refractivity contribution in [3.05, 3.63) is 77.4 Å². The van der Waals surface area contributed by atoms with Gasteiger partial charge in [0.25, 0.3) is 0 Å². The third-order valence-electron chi connectivity index (χ3n) is 9.77. The average molecular weight is 713 g/mol. The van der Waals surface area contributed by atoms with Crippen LogP contribution in [0.2, 0.25) is 0 Å². The van der Waals surface area contributed by atoms with Crippen molar-refractivity contribution in [1.82, 2.24) is 0 Å². The summed E-state index contributed by atoms with van der Waals surface area (Å²) in [6, 6.07) is 0. The molecule has 0 aromatic carbocycles. The van der Waals surface area contributed by atoms with E-state index in [1.807, 2.05) is 68.4 Å². The Morgan fingerprint density at radius 1 is 0.686 bits per heavy atom. The molecule has 51 heavy (non-hydrogen) atoms. The van der Waals surface area contributed by atoms with Gasteiger partial charge in [0, 0.05) is 60.8 Å². The molecule has 0 amide bonds. The lowest BCUT2D eigenvalue weighted by atomic mass is 9.82. The first-order valence-corrected chi connectivity index (χ1v) is 18.2. The summed E-state index contributed by atoms with van der Waals surface area (Å²) in [5.74, 6) is -1.54. The van der Waals surface area contributed by atoms with Crippen molar-refractivity contribution in [3.63, 3.8) is 0 Å². The number of carbonyl (C=O) groups excluding carboxylic acids is 3. The Morgan fingerprint density at radius 3 is 1.69 bits per heavy atom. The smallest absolute Gasteiger partial charge is 0.306 e. The van der Waals surface area contributed by atoms with Crippen LogP contribution in [0.1, 0.15) is 152 Å².